The fraction of sp³-hybridized carbons (Fsp3) is 0.429. The van der Waals surface area contributed by atoms with Crippen LogP contribution in [0.3, 0.4) is 0 Å². The van der Waals surface area contributed by atoms with E-state index in [1.807, 2.05) is 18.2 Å². The van der Waals surface area contributed by atoms with Crippen molar-refractivity contribution in [2.75, 3.05) is 0 Å². The number of rotatable bonds is 1. The molecule has 17 heavy (non-hydrogen) atoms. The Bertz CT molecular complexity index is 452. The number of hydrogen-bond acceptors (Lipinski definition) is 3. The lowest BCUT2D eigenvalue weighted by Crippen LogP contribution is -2.26. The predicted octanol–water partition coefficient (Wildman–Crippen LogP) is 2.27. The molecule has 1 aromatic rings. The van der Waals surface area contributed by atoms with Gasteiger partial charge in [-0.15, -0.1) is 0 Å². The molecule has 0 bridgehead atoms. The second-order valence-corrected chi connectivity index (χ2v) is 4.87. The molecule has 88 valence electrons. The largest absolute Gasteiger partial charge is 0.393 e. The SMILES string of the molecule is O=C1OC(=O)[C@@H]2C[C@@H](c3ccccc3)CC[C@@H]12. The molecule has 0 spiro atoms. The smallest absolute Gasteiger partial charge is 0.317 e. The Labute approximate surface area is 99.8 Å². The van der Waals surface area contributed by atoms with Crippen LogP contribution in [0.2, 0.25) is 0 Å². The molecular weight excluding hydrogens is 216 g/mol. The number of ether oxygens (including phenoxy) is 1. The Hall–Kier alpha value is -1.64. The van der Waals surface area contributed by atoms with E-state index < -0.39 is 0 Å². The van der Waals surface area contributed by atoms with Crippen LogP contribution in [-0.4, -0.2) is 11.9 Å². The second kappa shape index (κ2) is 3.99. The molecule has 0 unspecified atom stereocenters. The van der Waals surface area contributed by atoms with Crippen LogP contribution >= 0.6 is 0 Å². The minimum atomic E-state index is -0.319. The first-order valence-electron chi connectivity index (χ1n) is 6.06. The van der Waals surface area contributed by atoms with E-state index in [1.54, 1.807) is 0 Å². The molecule has 0 N–H and O–H groups in total. The third kappa shape index (κ3) is 1.75. The van der Waals surface area contributed by atoms with Gasteiger partial charge in [-0.1, -0.05) is 30.3 Å². The lowest BCUT2D eigenvalue weighted by atomic mass is 9.73. The molecule has 1 saturated carbocycles. The highest BCUT2D eigenvalue weighted by molar-refractivity contribution is 5.96. The summed E-state index contributed by atoms with van der Waals surface area (Å²) in [5, 5.41) is 0. The van der Waals surface area contributed by atoms with Crippen LogP contribution in [0.15, 0.2) is 30.3 Å². The van der Waals surface area contributed by atoms with Crippen molar-refractivity contribution in [3.8, 4) is 0 Å². The van der Waals surface area contributed by atoms with E-state index in [4.69, 9.17) is 4.74 Å². The number of fused-ring (bicyclic) bond motifs is 1. The zero-order valence-electron chi connectivity index (χ0n) is 9.46. The summed E-state index contributed by atoms with van der Waals surface area (Å²) in [5.41, 5.74) is 1.26. The fourth-order valence-electron chi connectivity index (χ4n) is 2.99. The predicted molar refractivity (Wildman–Crippen MR) is 61.1 cm³/mol. The number of carbonyl (C=O) groups is 2. The maximum absolute atomic E-state index is 11.6. The van der Waals surface area contributed by atoms with Crippen molar-refractivity contribution in [3.63, 3.8) is 0 Å². The van der Waals surface area contributed by atoms with Crippen molar-refractivity contribution in [3.05, 3.63) is 35.9 Å². The van der Waals surface area contributed by atoms with Gasteiger partial charge in [-0.05, 0) is 30.7 Å². The van der Waals surface area contributed by atoms with E-state index in [2.05, 4.69) is 12.1 Å². The highest BCUT2D eigenvalue weighted by atomic mass is 16.6. The van der Waals surface area contributed by atoms with Gasteiger partial charge in [0.05, 0.1) is 11.8 Å². The molecule has 1 saturated heterocycles. The van der Waals surface area contributed by atoms with Crippen LogP contribution in [0, 0.1) is 11.8 Å². The lowest BCUT2D eigenvalue weighted by Gasteiger charge is -2.27. The maximum Gasteiger partial charge on any atom is 0.317 e. The number of esters is 2. The van der Waals surface area contributed by atoms with Crippen LogP contribution in [0.4, 0.5) is 0 Å². The first-order valence-corrected chi connectivity index (χ1v) is 6.06. The number of carbonyl (C=O) groups excluding carboxylic acids is 2. The molecule has 1 heterocycles. The van der Waals surface area contributed by atoms with Gasteiger partial charge in [0.1, 0.15) is 0 Å². The minimum absolute atomic E-state index is 0.178. The monoisotopic (exact) mass is 230 g/mol. The van der Waals surface area contributed by atoms with Crippen LogP contribution < -0.4 is 0 Å². The van der Waals surface area contributed by atoms with Gasteiger partial charge in [0.2, 0.25) is 0 Å². The van der Waals surface area contributed by atoms with Crippen molar-refractivity contribution < 1.29 is 14.3 Å². The van der Waals surface area contributed by atoms with E-state index in [-0.39, 0.29) is 23.8 Å². The Morgan fingerprint density at radius 3 is 2.41 bits per heavy atom. The van der Waals surface area contributed by atoms with Gasteiger partial charge in [-0.25, -0.2) is 0 Å². The summed E-state index contributed by atoms with van der Waals surface area (Å²) in [4.78, 5) is 23.0. The third-order valence-electron chi connectivity index (χ3n) is 3.93. The first-order chi connectivity index (χ1) is 8.25. The normalized spacial score (nSPS) is 32.1. The minimum Gasteiger partial charge on any atom is -0.393 e. The van der Waals surface area contributed by atoms with Gasteiger partial charge in [0, 0.05) is 0 Å². The van der Waals surface area contributed by atoms with Gasteiger partial charge < -0.3 is 4.74 Å². The quantitative estimate of drug-likeness (QED) is 0.549. The summed E-state index contributed by atoms with van der Waals surface area (Å²) < 4.78 is 4.71. The molecule has 3 nitrogen and oxygen atoms in total. The highest BCUT2D eigenvalue weighted by Gasteiger charge is 2.47. The summed E-state index contributed by atoms with van der Waals surface area (Å²) in [6, 6.07) is 10.2. The Morgan fingerprint density at radius 1 is 0.941 bits per heavy atom. The lowest BCUT2D eigenvalue weighted by molar-refractivity contribution is -0.153. The van der Waals surface area contributed by atoms with Crippen LogP contribution in [0.25, 0.3) is 0 Å². The molecule has 3 rings (SSSR count). The maximum atomic E-state index is 11.6. The fourth-order valence-corrected chi connectivity index (χ4v) is 2.99. The standard InChI is InChI=1S/C14H14O3/c15-13-11-7-6-10(8-12(11)14(16)17-13)9-4-2-1-3-5-9/h1-5,10-12H,6-8H2/t10-,11+,12+/m0/s1. The van der Waals surface area contributed by atoms with Gasteiger partial charge in [-0.3, -0.25) is 9.59 Å². The molecule has 1 aliphatic heterocycles. The van der Waals surface area contributed by atoms with Crippen LogP contribution in [-0.2, 0) is 14.3 Å². The average Bonchev–Trinajstić information content (AvgIpc) is 2.66. The Balaban J connectivity index is 1.81. The molecule has 3 atom stereocenters. The highest BCUT2D eigenvalue weighted by Crippen LogP contribution is 2.43. The van der Waals surface area contributed by atoms with E-state index in [0.29, 0.717) is 5.92 Å². The number of cyclic esters (lactones) is 2. The van der Waals surface area contributed by atoms with Crippen LogP contribution in [0.1, 0.15) is 30.7 Å². The summed E-state index contributed by atoms with van der Waals surface area (Å²) in [6.07, 6.45) is 2.49. The summed E-state index contributed by atoms with van der Waals surface area (Å²) in [6.45, 7) is 0. The van der Waals surface area contributed by atoms with Crippen molar-refractivity contribution >= 4 is 11.9 Å². The van der Waals surface area contributed by atoms with Crippen molar-refractivity contribution in [1.82, 2.24) is 0 Å². The zero-order valence-corrected chi connectivity index (χ0v) is 9.46. The molecule has 0 aromatic heterocycles. The number of benzene rings is 1. The van der Waals surface area contributed by atoms with Gasteiger partial charge >= 0.3 is 11.9 Å². The Morgan fingerprint density at radius 2 is 1.65 bits per heavy atom. The average molecular weight is 230 g/mol. The van der Waals surface area contributed by atoms with Crippen molar-refractivity contribution in [1.29, 1.82) is 0 Å². The summed E-state index contributed by atoms with van der Waals surface area (Å²) >= 11 is 0. The molecule has 0 radical (unpaired) electrons. The van der Waals surface area contributed by atoms with Crippen molar-refractivity contribution in [2.45, 2.75) is 25.2 Å². The summed E-state index contributed by atoms with van der Waals surface area (Å²) in [5.74, 6) is -0.632. The Kier molecular flexibility index (Phi) is 2.46. The topological polar surface area (TPSA) is 43.4 Å². The molecular formula is C14H14O3. The molecule has 0 amide bonds. The molecule has 2 aliphatic rings. The van der Waals surface area contributed by atoms with Crippen LogP contribution in [0.5, 0.6) is 0 Å². The third-order valence-corrected chi connectivity index (χ3v) is 3.93. The van der Waals surface area contributed by atoms with Crippen molar-refractivity contribution in [2.24, 2.45) is 11.8 Å². The second-order valence-electron chi connectivity index (χ2n) is 4.87. The van der Waals surface area contributed by atoms with Gasteiger partial charge in [-0.2, -0.15) is 0 Å². The molecule has 2 fully saturated rings. The van der Waals surface area contributed by atoms with E-state index in [0.717, 1.165) is 19.3 Å². The van der Waals surface area contributed by atoms with E-state index in [1.165, 1.54) is 5.56 Å². The summed E-state index contributed by atoms with van der Waals surface area (Å²) in [7, 11) is 0. The molecule has 1 aromatic carbocycles. The molecule has 1 aliphatic carbocycles. The molecule has 3 heteroatoms. The van der Waals surface area contributed by atoms with E-state index >= 15 is 0 Å². The van der Waals surface area contributed by atoms with Gasteiger partial charge in [0.25, 0.3) is 0 Å². The van der Waals surface area contributed by atoms with E-state index in [9.17, 15) is 9.59 Å². The number of hydrogen-bond donors (Lipinski definition) is 0. The zero-order chi connectivity index (χ0) is 11.8. The van der Waals surface area contributed by atoms with Gasteiger partial charge in [0.15, 0.2) is 0 Å². The first kappa shape index (κ1) is 10.5.